The Kier molecular flexibility index (Phi) is 66.5. The van der Waals surface area contributed by atoms with E-state index in [0.29, 0.717) is 19.3 Å². The fourth-order valence-corrected chi connectivity index (χ4v) is 11.5. The maximum absolute atomic E-state index is 12.9. The van der Waals surface area contributed by atoms with E-state index in [1.165, 1.54) is 327 Å². The minimum atomic E-state index is -0.762. The van der Waals surface area contributed by atoms with Gasteiger partial charge in [-0.3, -0.25) is 14.4 Å². The molecular formula is C72H140O6. The smallest absolute Gasteiger partial charge is 0.306 e. The highest BCUT2D eigenvalue weighted by atomic mass is 16.6. The molecule has 6 nitrogen and oxygen atoms in total. The van der Waals surface area contributed by atoms with E-state index < -0.39 is 6.10 Å². The average Bonchev–Trinajstić information content (AvgIpc) is 3.44. The minimum Gasteiger partial charge on any atom is -0.462 e. The molecule has 0 bridgehead atoms. The second-order valence-corrected chi connectivity index (χ2v) is 24.9. The van der Waals surface area contributed by atoms with E-state index in [1.807, 2.05) is 0 Å². The normalized spacial score (nSPS) is 11.9. The molecule has 0 aliphatic heterocycles. The largest absolute Gasteiger partial charge is 0.462 e. The molecule has 0 spiro atoms. The van der Waals surface area contributed by atoms with Crippen LogP contribution in [0.15, 0.2) is 0 Å². The Labute approximate surface area is 488 Å². The zero-order valence-electron chi connectivity index (χ0n) is 53.5. The van der Waals surface area contributed by atoms with Gasteiger partial charge in [0.05, 0.1) is 0 Å². The van der Waals surface area contributed by atoms with E-state index in [4.69, 9.17) is 14.2 Å². The summed E-state index contributed by atoms with van der Waals surface area (Å²) < 4.78 is 16.9. The SMILES string of the molecule is CCCCCCCCCCCCCCCCCCCCCCCCCCCCCCCCCCCCCC(=O)OCC(COC(=O)CCCCCCCCCCCCC)OC(=O)CCCCCCCCCCCCCCCC. The van der Waals surface area contributed by atoms with Crippen LogP contribution in [0, 0.1) is 0 Å². The third-order valence-corrected chi connectivity index (χ3v) is 16.9. The van der Waals surface area contributed by atoms with Crippen molar-refractivity contribution < 1.29 is 28.6 Å². The molecule has 0 saturated heterocycles. The first-order valence-corrected chi connectivity index (χ1v) is 36.0. The zero-order valence-corrected chi connectivity index (χ0v) is 53.5. The van der Waals surface area contributed by atoms with Gasteiger partial charge in [-0.1, -0.05) is 387 Å². The fourth-order valence-electron chi connectivity index (χ4n) is 11.5. The maximum atomic E-state index is 12.9. The predicted molar refractivity (Wildman–Crippen MR) is 340 cm³/mol. The molecule has 0 N–H and O–H groups in total. The Balaban J connectivity index is 3.95. The number of carbonyl (C=O) groups excluding carboxylic acids is 3. The Bertz CT molecular complexity index is 1170. The third-order valence-electron chi connectivity index (χ3n) is 16.9. The number of hydrogen-bond acceptors (Lipinski definition) is 6. The van der Waals surface area contributed by atoms with Crippen LogP contribution in [0.3, 0.4) is 0 Å². The molecule has 0 amide bonds. The van der Waals surface area contributed by atoms with Crippen molar-refractivity contribution in [1.82, 2.24) is 0 Å². The number of rotatable bonds is 68. The second kappa shape index (κ2) is 67.9. The molecule has 0 fully saturated rings. The first kappa shape index (κ1) is 76.4. The minimum absolute atomic E-state index is 0.0608. The van der Waals surface area contributed by atoms with Gasteiger partial charge in [-0.15, -0.1) is 0 Å². The third kappa shape index (κ3) is 65.2. The topological polar surface area (TPSA) is 78.9 Å². The summed E-state index contributed by atoms with van der Waals surface area (Å²) in [7, 11) is 0. The highest BCUT2D eigenvalue weighted by molar-refractivity contribution is 5.71. The van der Waals surface area contributed by atoms with Crippen LogP contribution in [0.5, 0.6) is 0 Å². The van der Waals surface area contributed by atoms with Crippen molar-refractivity contribution >= 4 is 17.9 Å². The molecular weight excluding hydrogens is 961 g/mol. The van der Waals surface area contributed by atoms with Gasteiger partial charge < -0.3 is 14.2 Å². The molecule has 1 atom stereocenters. The number of ether oxygens (including phenoxy) is 3. The molecule has 0 aromatic rings. The van der Waals surface area contributed by atoms with Crippen LogP contribution in [-0.2, 0) is 28.6 Å². The maximum Gasteiger partial charge on any atom is 0.306 e. The van der Waals surface area contributed by atoms with Crippen LogP contribution in [0.2, 0.25) is 0 Å². The molecule has 0 saturated carbocycles. The molecule has 0 aromatic carbocycles. The summed E-state index contributed by atoms with van der Waals surface area (Å²) in [5.41, 5.74) is 0. The van der Waals surface area contributed by atoms with Crippen molar-refractivity contribution in [2.45, 2.75) is 431 Å². The van der Waals surface area contributed by atoms with E-state index in [-0.39, 0.29) is 31.1 Å². The van der Waals surface area contributed by atoms with E-state index in [9.17, 15) is 14.4 Å². The summed E-state index contributed by atoms with van der Waals surface area (Å²) in [5.74, 6) is -0.827. The molecule has 0 aromatic heterocycles. The number of esters is 3. The summed E-state index contributed by atoms with van der Waals surface area (Å²) in [5, 5.41) is 0. The zero-order chi connectivity index (χ0) is 56.4. The van der Waals surface area contributed by atoms with Crippen molar-refractivity contribution in [3.8, 4) is 0 Å². The van der Waals surface area contributed by atoms with Gasteiger partial charge in [-0.2, -0.15) is 0 Å². The molecule has 0 aliphatic rings. The van der Waals surface area contributed by atoms with Gasteiger partial charge in [0, 0.05) is 19.3 Å². The monoisotopic (exact) mass is 1100 g/mol. The van der Waals surface area contributed by atoms with E-state index >= 15 is 0 Å². The van der Waals surface area contributed by atoms with Gasteiger partial charge in [-0.25, -0.2) is 0 Å². The number of hydrogen-bond donors (Lipinski definition) is 0. The van der Waals surface area contributed by atoms with Crippen molar-refractivity contribution in [2.75, 3.05) is 13.2 Å². The van der Waals surface area contributed by atoms with Gasteiger partial charge in [-0.05, 0) is 19.3 Å². The molecule has 464 valence electrons. The van der Waals surface area contributed by atoms with Crippen LogP contribution in [-0.4, -0.2) is 37.2 Å². The van der Waals surface area contributed by atoms with E-state index in [2.05, 4.69) is 20.8 Å². The molecule has 0 heterocycles. The summed E-state index contributed by atoms with van der Waals surface area (Å²) in [6.07, 6.45) is 80.3. The van der Waals surface area contributed by atoms with Crippen LogP contribution in [0.4, 0.5) is 0 Å². The lowest BCUT2D eigenvalue weighted by molar-refractivity contribution is -0.167. The van der Waals surface area contributed by atoms with Gasteiger partial charge in [0.25, 0.3) is 0 Å². The quantitative estimate of drug-likeness (QED) is 0.0343. The highest BCUT2D eigenvalue weighted by Gasteiger charge is 2.20. The van der Waals surface area contributed by atoms with Gasteiger partial charge in [0.2, 0.25) is 0 Å². The Morgan fingerprint density at radius 1 is 0.205 bits per heavy atom. The lowest BCUT2D eigenvalue weighted by Crippen LogP contribution is -2.30. The lowest BCUT2D eigenvalue weighted by Gasteiger charge is -2.18. The number of carbonyl (C=O) groups is 3. The molecule has 78 heavy (non-hydrogen) atoms. The van der Waals surface area contributed by atoms with Gasteiger partial charge in [0.15, 0.2) is 6.10 Å². The van der Waals surface area contributed by atoms with Crippen LogP contribution >= 0.6 is 0 Å². The highest BCUT2D eigenvalue weighted by Crippen LogP contribution is 2.20. The Morgan fingerprint density at radius 2 is 0.346 bits per heavy atom. The van der Waals surface area contributed by atoms with Gasteiger partial charge in [0.1, 0.15) is 13.2 Å². The molecule has 1 unspecified atom stereocenters. The van der Waals surface area contributed by atoms with Crippen molar-refractivity contribution in [1.29, 1.82) is 0 Å². The summed E-state index contributed by atoms with van der Waals surface area (Å²) >= 11 is 0. The fraction of sp³-hybridized carbons (Fsp3) is 0.958. The second-order valence-electron chi connectivity index (χ2n) is 24.9. The Hall–Kier alpha value is -1.59. The first-order valence-electron chi connectivity index (χ1n) is 36.0. The molecule has 0 radical (unpaired) electrons. The first-order chi connectivity index (χ1) is 38.5. The summed E-state index contributed by atoms with van der Waals surface area (Å²) in [6, 6.07) is 0. The Morgan fingerprint density at radius 3 is 0.513 bits per heavy atom. The molecule has 6 heteroatoms. The summed E-state index contributed by atoms with van der Waals surface area (Å²) in [4.78, 5) is 38.2. The van der Waals surface area contributed by atoms with Crippen molar-refractivity contribution in [3.05, 3.63) is 0 Å². The standard InChI is InChI=1S/C72H140O6/c1-4-7-10-13-16-19-22-24-26-27-28-29-30-31-32-33-34-35-36-37-38-39-40-41-42-43-44-45-46-48-50-53-56-59-62-65-71(74)77-68-69(67-76-70(73)64-61-58-55-52-49-21-18-15-12-9-6-3)78-72(75)66-63-60-57-54-51-47-25-23-20-17-14-11-8-5-2/h69H,4-68H2,1-3H3. The summed E-state index contributed by atoms with van der Waals surface area (Å²) in [6.45, 7) is 6.72. The van der Waals surface area contributed by atoms with Crippen LogP contribution < -0.4 is 0 Å². The van der Waals surface area contributed by atoms with Crippen LogP contribution in [0.25, 0.3) is 0 Å². The van der Waals surface area contributed by atoms with Crippen molar-refractivity contribution in [3.63, 3.8) is 0 Å². The van der Waals surface area contributed by atoms with E-state index in [0.717, 1.165) is 57.8 Å². The van der Waals surface area contributed by atoms with Gasteiger partial charge >= 0.3 is 17.9 Å². The molecule has 0 rings (SSSR count). The average molecular weight is 1100 g/mol. The predicted octanol–water partition coefficient (Wildman–Crippen LogP) is 24.6. The van der Waals surface area contributed by atoms with Crippen LogP contribution in [0.1, 0.15) is 425 Å². The van der Waals surface area contributed by atoms with E-state index in [1.54, 1.807) is 0 Å². The molecule has 0 aliphatic carbocycles. The lowest BCUT2D eigenvalue weighted by atomic mass is 10.0. The van der Waals surface area contributed by atoms with Crippen molar-refractivity contribution in [2.24, 2.45) is 0 Å². The number of unbranched alkanes of at least 4 members (excludes halogenated alkanes) is 57.